The molecule has 0 bridgehead atoms. The molecule has 9 heteroatoms. The van der Waals surface area contributed by atoms with Crippen molar-refractivity contribution in [2.24, 2.45) is 0 Å². The molecule has 5 rings (SSSR count). The Labute approximate surface area is 200 Å². The third-order valence-corrected chi connectivity index (χ3v) is 6.73. The molecule has 2 aromatic carbocycles. The van der Waals surface area contributed by atoms with Gasteiger partial charge in [-0.15, -0.1) is 0 Å². The van der Waals surface area contributed by atoms with Crippen molar-refractivity contribution in [3.63, 3.8) is 0 Å². The molecule has 1 saturated heterocycles. The number of fused-ring (bicyclic) bond motifs is 1. The SMILES string of the molecule is CC1(C)OC(=C2C(=O)Nc3cc(F)ccc32)C=C1c1ccc(C(=O)N2C[C@@H](O)[C@H](O)[C@H]2CO)cc1. The Hall–Kier alpha value is -3.53. The van der Waals surface area contributed by atoms with E-state index >= 15 is 0 Å². The number of benzene rings is 2. The number of ether oxygens (including phenoxy) is 1. The zero-order valence-corrected chi connectivity index (χ0v) is 19.2. The molecule has 0 saturated carbocycles. The van der Waals surface area contributed by atoms with E-state index in [4.69, 9.17) is 4.74 Å². The summed E-state index contributed by atoms with van der Waals surface area (Å²) in [4.78, 5) is 26.8. The molecule has 3 aliphatic heterocycles. The average molecular weight is 480 g/mol. The summed E-state index contributed by atoms with van der Waals surface area (Å²) in [6, 6.07) is 10.0. The van der Waals surface area contributed by atoms with Crippen LogP contribution in [0.5, 0.6) is 0 Å². The first kappa shape index (κ1) is 23.2. The Balaban J connectivity index is 1.46. The number of allylic oxidation sites excluding steroid dienone is 1. The van der Waals surface area contributed by atoms with E-state index in [1.807, 2.05) is 13.8 Å². The highest BCUT2D eigenvalue weighted by Gasteiger charge is 2.42. The largest absolute Gasteiger partial charge is 0.482 e. The second kappa shape index (κ2) is 8.30. The fourth-order valence-corrected chi connectivity index (χ4v) is 4.89. The fourth-order valence-electron chi connectivity index (χ4n) is 4.89. The highest BCUT2D eigenvalue weighted by atomic mass is 19.1. The van der Waals surface area contributed by atoms with Gasteiger partial charge in [0.15, 0.2) is 0 Å². The number of likely N-dealkylation sites (tertiary alicyclic amines) is 1. The van der Waals surface area contributed by atoms with Gasteiger partial charge >= 0.3 is 0 Å². The first-order valence-corrected chi connectivity index (χ1v) is 11.3. The van der Waals surface area contributed by atoms with Crippen LogP contribution in [0.3, 0.4) is 0 Å². The molecular weight excluding hydrogens is 455 g/mol. The van der Waals surface area contributed by atoms with Gasteiger partial charge in [0.25, 0.3) is 11.8 Å². The van der Waals surface area contributed by atoms with Crippen molar-refractivity contribution in [2.45, 2.75) is 37.7 Å². The molecule has 0 spiro atoms. The molecule has 1 fully saturated rings. The van der Waals surface area contributed by atoms with Crippen LogP contribution >= 0.6 is 0 Å². The van der Waals surface area contributed by atoms with Crippen LogP contribution in [0.4, 0.5) is 10.1 Å². The highest BCUT2D eigenvalue weighted by molar-refractivity contribution is 6.32. The average Bonchev–Trinajstić information content (AvgIpc) is 3.42. The Kier molecular flexibility index (Phi) is 5.51. The molecule has 0 unspecified atom stereocenters. The Morgan fingerprint density at radius 3 is 2.60 bits per heavy atom. The molecule has 3 heterocycles. The Morgan fingerprint density at radius 2 is 1.91 bits per heavy atom. The van der Waals surface area contributed by atoms with Gasteiger partial charge in [0, 0.05) is 16.7 Å². The monoisotopic (exact) mass is 480 g/mol. The maximum Gasteiger partial charge on any atom is 0.260 e. The van der Waals surface area contributed by atoms with Crippen LogP contribution in [0.1, 0.15) is 35.3 Å². The standard InChI is InChI=1S/C26H25FN2O6/c1-26(2)17(10-21(35-26)22-16-8-7-15(27)9-18(16)28-24(22)33)13-3-5-14(6-4-13)25(34)29-11-20(31)23(32)19(29)12-30/h3-10,19-20,23,30-32H,11-12H2,1-2H3,(H,28,33)/t19-,20-,23-/m1/s1. The van der Waals surface area contributed by atoms with E-state index < -0.39 is 42.2 Å². The predicted molar refractivity (Wildman–Crippen MR) is 125 cm³/mol. The third-order valence-electron chi connectivity index (χ3n) is 6.73. The first-order valence-electron chi connectivity index (χ1n) is 11.3. The maximum atomic E-state index is 13.6. The summed E-state index contributed by atoms with van der Waals surface area (Å²) in [5.41, 5.74) is 2.42. The molecule has 3 atom stereocenters. The van der Waals surface area contributed by atoms with E-state index in [2.05, 4.69) is 5.32 Å². The van der Waals surface area contributed by atoms with E-state index in [0.29, 0.717) is 28.1 Å². The normalized spacial score (nSPS) is 26.9. The van der Waals surface area contributed by atoms with Crippen LogP contribution in [0.2, 0.25) is 0 Å². The van der Waals surface area contributed by atoms with Crippen LogP contribution < -0.4 is 5.32 Å². The third kappa shape index (κ3) is 3.81. The second-order valence-electron chi connectivity index (χ2n) is 9.40. The fraction of sp³-hybridized carbons (Fsp3) is 0.308. The number of anilines is 1. The molecule has 2 amide bonds. The molecule has 3 aliphatic rings. The first-order chi connectivity index (χ1) is 16.6. The van der Waals surface area contributed by atoms with Gasteiger partial charge in [-0.05, 0) is 55.8 Å². The zero-order chi connectivity index (χ0) is 25.1. The molecule has 35 heavy (non-hydrogen) atoms. The minimum absolute atomic E-state index is 0.0661. The van der Waals surface area contributed by atoms with Crippen molar-refractivity contribution >= 4 is 28.6 Å². The number of hydrogen-bond acceptors (Lipinski definition) is 6. The van der Waals surface area contributed by atoms with Gasteiger partial charge in [0.1, 0.15) is 23.3 Å². The lowest BCUT2D eigenvalue weighted by molar-refractivity contribution is -0.111. The number of nitrogens with zero attached hydrogens (tertiary/aromatic N) is 1. The quantitative estimate of drug-likeness (QED) is 0.499. The zero-order valence-electron chi connectivity index (χ0n) is 19.2. The number of β-amino-alcohol motifs (C(OH)–C–C–N with tert-alkyl or cyclic N) is 1. The van der Waals surface area contributed by atoms with E-state index in [1.54, 1.807) is 36.4 Å². The van der Waals surface area contributed by atoms with Crippen molar-refractivity contribution in [3.8, 4) is 0 Å². The van der Waals surface area contributed by atoms with Crippen molar-refractivity contribution < 1.29 is 34.0 Å². The number of halogens is 1. The minimum Gasteiger partial charge on any atom is -0.482 e. The number of hydrogen-bond donors (Lipinski definition) is 4. The number of aliphatic hydroxyl groups excluding tert-OH is 3. The van der Waals surface area contributed by atoms with Gasteiger partial charge in [0.05, 0.1) is 36.6 Å². The summed E-state index contributed by atoms with van der Waals surface area (Å²) in [6.07, 6.45) is -0.539. The maximum absolute atomic E-state index is 13.6. The van der Waals surface area contributed by atoms with Crippen molar-refractivity contribution in [2.75, 3.05) is 18.5 Å². The predicted octanol–water partition coefficient (Wildman–Crippen LogP) is 1.92. The number of carbonyl (C=O) groups is 2. The van der Waals surface area contributed by atoms with Crippen molar-refractivity contribution in [3.05, 3.63) is 76.8 Å². The molecule has 182 valence electrons. The summed E-state index contributed by atoms with van der Waals surface area (Å²) in [5.74, 6) is -0.851. The van der Waals surface area contributed by atoms with Crippen LogP contribution in [0.25, 0.3) is 11.1 Å². The lowest BCUT2D eigenvalue weighted by Crippen LogP contribution is -2.42. The summed E-state index contributed by atoms with van der Waals surface area (Å²) < 4.78 is 19.7. The summed E-state index contributed by atoms with van der Waals surface area (Å²) in [6.45, 7) is 3.20. The lowest BCUT2D eigenvalue weighted by atomic mass is 9.91. The van der Waals surface area contributed by atoms with E-state index in [9.17, 15) is 29.3 Å². The van der Waals surface area contributed by atoms with Crippen LogP contribution in [0.15, 0.2) is 54.3 Å². The van der Waals surface area contributed by atoms with E-state index in [1.165, 1.54) is 17.0 Å². The molecular formula is C26H25FN2O6. The minimum atomic E-state index is -1.20. The molecule has 0 aliphatic carbocycles. The second-order valence-corrected chi connectivity index (χ2v) is 9.40. The summed E-state index contributed by atoms with van der Waals surface area (Å²) in [7, 11) is 0. The summed E-state index contributed by atoms with van der Waals surface area (Å²) in [5, 5.41) is 32.1. The topological polar surface area (TPSA) is 119 Å². The highest BCUT2D eigenvalue weighted by Crippen LogP contribution is 2.44. The summed E-state index contributed by atoms with van der Waals surface area (Å²) >= 11 is 0. The van der Waals surface area contributed by atoms with E-state index in [0.717, 1.165) is 11.1 Å². The van der Waals surface area contributed by atoms with Crippen molar-refractivity contribution in [1.29, 1.82) is 0 Å². The number of nitrogens with one attached hydrogen (secondary N) is 1. The van der Waals surface area contributed by atoms with Crippen LogP contribution in [-0.4, -0.2) is 69.0 Å². The van der Waals surface area contributed by atoms with Gasteiger partial charge < -0.3 is 30.3 Å². The Bertz CT molecular complexity index is 1280. The van der Waals surface area contributed by atoms with Gasteiger partial charge in [-0.25, -0.2) is 4.39 Å². The molecule has 0 radical (unpaired) electrons. The number of aliphatic hydroxyl groups is 3. The number of carbonyl (C=O) groups excluding carboxylic acids is 2. The Morgan fingerprint density at radius 1 is 1.20 bits per heavy atom. The van der Waals surface area contributed by atoms with Gasteiger partial charge in [-0.3, -0.25) is 9.59 Å². The van der Waals surface area contributed by atoms with Gasteiger partial charge in [0.2, 0.25) is 0 Å². The molecule has 8 nitrogen and oxygen atoms in total. The molecule has 2 aromatic rings. The molecule has 0 aromatic heterocycles. The van der Waals surface area contributed by atoms with E-state index in [-0.39, 0.29) is 12.5 Å². The van der Waals surface area contributed by atoms with Crippen LogP contribution in [-0.2, 0) is 9.53 Å². The number of rotatable bonds is 3. The lowest BCUT2D eigenvalue weighted by Gasteiger charge is -2.25. The van der Waals surface area contributed by atoms with Gasteiger partial charge in [-0.2, -0.15) is 0 Å². The molecule has 4 N–H and O–H groups in total. The number of amides is 2. The van der Waals surface area contributed by atoms with Crippen LogP contribution in [0, 0.1) is 5.82 Å². The van der Waals surface area contributed by atoms with Crippen molar-refractivity contribution in [1.82, 2.24) is 4.90 Å². The smallest absolute Gasteiger partial charge is 0.260 e. The van der Waals surface area contributed by atoms with Gasteiger partial charge in [-0.1, -0.05) is 12.1 Å².